The molecule has 1 aromatic heterocycles. The Kier molecular flexibility index (Phi) is 4.48. The van der Waals surface area contributed by atoms with Crippen LogP contribution in [-0.4, -0.2) is 16.2 Å². The minimum atomic E-state index is -0.347. The van der Waals surface area contributed by atoms with Crippen molar-refractivity contribution >= 4 is 0 Å². The van der Waals surface area contributed by atoms with E-state index in [2.05, 4.69) is 17.1 Å². The maximum absolute atomic E-state index is 10.2. The van der Waals surface area contributed by atoms with E-state index < -0.39 is 0 Å². The molecule has 2 rings (SSSR count). The molecule has 2 atom stereocenters. The van der Waals surface area contributed by atoms with E-state index in [4.69, 9.17) is 0 Å². The van der Waals surface area contributed by atoms with Gasteiger partial charge in [-0.25, -0.2) is 0 Å². The zero-order valence-electron chi connectivity index (χ0n) is 10.7. The zero-order chi connectivity index (χ0) is 12.8. The molecule has 1 N–H and O–H groups in total. The van der Waals surface area contributed by atoms with Crippen molar-refractivity contribution in [3.63, 3.8) is 0 Å². The number of pyridine rings is 1. The van der Waals surface area contributed by atoms with Gasteiger partial charge in [-0.15, -0.1) is 0 Å². The molecule has 0 fully saturated rings. The number of hydrogen-bond acceptors (Lipinski definition) is 2. The second kappa shape index (κ2) is 6.31. The van der Waals surface area contributed by atoms with Crippen LogP contribution in [0.15, 0.2) is 54.7 Å². The zero-order valence-corrected chi connectivity index (χ0v) is 10.7. The molecule has 0 aliphatic rings. The summed E-state index contributed by atoms with van der Waals surface area (Å²) in [4.78, 5) is 4.29. The average molecular weight is 241 g/mol. The predicted octanol–water partition coefficient (Wildman–Crippen LogP) is 3.18. The van der Waals surface area contributed by atoms with Crippen LogP contribution in [0.1, 0.15) is 30.5 Å². The highest BCUT2D eigenvalue weighted by atomic mass is 16.3. The first-order valence-corrected chi connectivity index (χ1v) is 6.40. The number of aliphatic hydroxyl groups excluding tert-OH is 1. The molecule has 0 aliphatic carbocycles. The van der Waals surface area contributed by atoms with Crippen LogP contribution in [0.2, 0.25) is 0 Å². The van der Waals surface area contributed by atoms with E-state index in [9.17, 15) is 5.11 Å². The van der Waals surface area contributed by atoms with E-state index in [-0.39, 0.29) is 12.0 Å². The summed E-state index contributed by atoms with van der Waals surface area (Å²) in [6.07, 6.45) is 3.09. The monoisotopic (exact) mass is 241 g/mol. The first kappa shape index (κ1) is 12.8. The van der Waals surface area contributed by atoms with Crippen LogP contribution in [0.25, 0.3) is 0 Å². The molecule has 18 heavy (non-hydrogen) atoms. The minimum Gasteiger partial charge on any atom is -0.392 e. The molecule has 0 bridgehead atoms. The van der Waals surface area contributed by atoms with Crippen LogP contribution in [0, 0.1) is 0 Å². The number of hydrogen-bond donors (Lipinski definition) is 1. The number of rotatable bonds is 5. The van der Waals surface area contributed by atoms with Gasteiger partial charge >= 0.3 is 0 Å². The SMILES string of the molecule is CC(c1ccccn1)C(O)CCc1ccccc1. The van der Waals surface area contributed by atoms with Crippen molar-refractivity contribution in [1.29, 1.82) is 0 Å². The van der Waals surface area contributed by atoms with Crippen LogP contribution >= 0.6 is 0 Å². The van der Waals surface area contributed by atoms with E-state index in [1.165, 1.54) is 5.56 Å². The second-order valence-electron chi connectivity index (χ2n) is 4.63. The fourth-order valence-electron chi connectivity index (χ4n) is 2.05. The lowest BCUT2D eigenvalue weighted by atomic mass is 9.95. The van der Waals surface area contributed by atoms with Crippen LogP contribution in [0.3, 0.4) is 0 Å². The molecule has 0 spiro atoms. The van der Waals surface area contributed by atoms with Crippen molar-refractivity contribution in [2.45, 2.75) is 31.8 Å². The predicted molar refractivity (Wildman–Crippen MR) is 73.4 cm³/mol. The Morgan fingerprint density at radius 3 is 2.44 bits per heavy atom. The third-order valence-electron chi connectivity index (χ3n) is 3.30. The first-order chi connectivity index (χ1) is 8.77. The van der Waals surface area contributed by atoms with E-state index in [0.717, 1.165) is 18.5 Å². The second-order valence-corrected chi connectivity index (χ2v) is 4.63. The number of aliphatic hydroxyl groups is 1. The fraction of sp³-hybridized carbons (Fsp3) is 0.312. The smallest absolute Gasteiger partial charge is 0.0624 e. The summed E-state index contributed by atoms with van der Waals surface area (Å²) in [6, 6.07) is 16.1. The summed E-state index contributed by atoms with van der Waals surface area (Å²) in [7, 11) is 0. The minimum absolute atomic E-state index is 0.0786. The number of nitrogens with zero attached hydrogens (tertiary/aromatic N) is 1. The van der Waals surface area contributed by atoms with E-state index in [1.54, 1.807) is 6.20 Å². The normalized spacial score (nSPS) is 14.1. The molecular formula is C16H19NO. The van der Waals surface area contributed by atoms with Gasteiger partial charge in [0, 0.05) is 17.8 Å². The summed E-state index contributed by atoms with van der Waals surface area (Å²) in [5.41, 5.74) is 2.22. The Bertz CT molecular complexity index is 455. The topological polar surface area (TPSA) is 33.1 Å². The molecule has 1 heterocycles. The molecule has 0 saturated carbocycles. The number of aromatic nitrogens is 1. The first-order valence-electron chi connectivity index (χ1n) is 6.40. The number of aryl methyl sites for hydroxylation is 1. The lowest BCUT2D eigenvalue weighted by Crippen LogP contribution is -2.17. The van der Waals surface area contributed by atoms with Crippen LogP contribution < -0.4 is 0 Å². The Labute approximate surface area is 108 Å². The highest BCUT2D eigenvalue weighted by molar-refractivity contribution is 5.15. The fourth-order valence-corrected chi connectivity index (χ4v) is 2.05. The molecule has 0 saturated heterocycles. The molecule has 2 heteroatoms. The van der Waals surface area contributed by atoms with Gasteiger partial charge in [-0.3, -0.25) is 4.98 Å². The lowest BCUT2D eigenvalue weighted by molar-refractivity contribution is 0.138. The van der Waals surface area contributed by atoms with Gasteiger partial charge in [0.05, 0.1) is 6.10 Å². The highest BCUT2D eigenvalue weighted by Gasteiger charge is 2.16. The van der Waals surface area contributed by atoms with Gasteiger partial charge < -0.3 is 5.11 Å². The molecule has 0 aliphatic heterocycles. The molecule has 1 aromatic carbocycles. The third-order valence-corrected chi connectivity index (χ3v) is 3.30. The molecular weight excluding hydrogens is 222 g/mol. The summed E-state index contributed by atoms with van der Waals surface area (Å²) in [5.74, 6) is 0.0786. The summed E-state index contributed by atoms with van der Waals surface area (Å²) < 4.78 is 0. The van der Waals surface area contributed by atoms with Gasteiger partial charge in [0.1, 0.15) is 0 Å². The summed E-state index contributed by atoms with van der Waals surface area (Å²) >= 11 is 0. The van der Waals surface area contributed by atoms with Crippen LogP contribution in [0.4, 0.5) is 0 Å². The Hall–Kier alpha value is -1.67. The van der Waals surface area contributed by atoms with Gasteiger partial charge in [0.15, 0.2) is 0 Å². The van der Waals surface area contributed by atoms with Crippen LogP contribution in [0.5, 0.6) is 0 Å². The molecule has 94 valence electrons. The van der Waals surface area contributed by atoms with Crippen molar-refractivity contribution < 1.29 is 5.11 Å². The van der Waals surface area contributed by atoms with Gasteiger partial charge in [-0.2, -0.15) is 0 Å². The molecule has 2 unspecified atom stereocenters. The highest BCUT2D eigenvalue weighted by Crippen LogP contribution is 2.20. The van der Waals surface area contributed by atoms with Crippen molar-refractivity contribution in [2.75, 3.05) is 0 Å². The standard InChI is InChI=1S/C16H19NO/c1-13(15-9-5-6-12-17-15)16(18)11-10-14-7-3-2-4-8-14/h2-9,12-13,16,18H,10-11H2,1H3. The van der Waals surface area contributed by atoms with E-state index >= 15 is 0 Å². The Balaban J connectivity index is 1.90. The maximum atomic E-state index is 10.2. The van der Waals surface area contributed by atoms with Crippen LogP contribution in [-0.2, 0) is 6.42 Å². The van der Waals surface area contributed by atoms with Gasteiger partial charge in [0.2, 0.25) is 0 Å². The van der Waals surface area contributed by atoms with Gasteiger partial charge in [-0.05, 0) is 30.5 Å². The maximum Gasteiger partial charge on any atom is 0.0624 e. The summed E-state index contributed by atoms with van der Waals surface area (Å²) in [5, 5.41) is 10.2. The number of benzene rings is 1. The Morgan fingerprint density at radius 1 is 1.06 bits per heavy atom. The lowest BCUT2D eigenvalue weighted by Gasteiger charge is -2.18. The quantitative estimate of drug-likeness (QED) is 0.872. The molecule has 2 aromatic rings. The largest absolute Gasteiger partial charge is 0.392 e. The van der Waals surface area contributed by atoms with Crippen molar-refractivity contribution in [3.8, 4) is 0 Å². The van der Waals surface area contributed by atoms with E-state index in [1.807, 2.05) is 43.3 Å². The van der Waals surface area contributed by atoms with Crippen molar-refractivity contribution in [1.82, 2.24) is 4.98 Å². The molecule has 0 radical (unpaired) electrons. The summed E-state index contributed by atoms with van der Waals surface area (Å²) in [6.45, 7) is 2.03. The van der Waals surface area contributed by atoms with Gasteiger partial charge in [0.25, 0.3) is 0 Å². The molecule has 0 amide bonds. The third kappa shape index (κ3) is 3.41. The van der Waals surface area contributed by atoms with Crippen molar-refractivity contribution in [2.24, 2.45) is 0 Å². The molecule has 2 nitrogen and oxygen atoms in total. The van der Waals surface area contributed by atoms with E-state index in [0.29, 0.717) is 0 Å². The van der Waals surface area contributed by atoms with Crippen molar-refractivity contribution in [3.05, 3.63) is 66.0 Å². The van der Waals surface area contributed by atoms with Gasteiger partial charge in [-0.1, -0.05) is 43.3 Å². The average Bonchev–Trinajstić information content (AvgIpc) is 2.46. The Morgan fingerprint density at radius 2 is 1.78 bits per heavy atom.